The van der Waals surface area contributed by atoms with Crippen molar-refractivity contribution in [2.45, 2.75) is 39.4 Å². The number of para-hydroxylation sites is 1. The molecule has 3 N–H and O–H groups in total. The van der Waals surface area contributed by atoms with Crippen LogP contribution in [0.3, 0.4) is 0 Å². The van der Waals surface area contributed by atoms with Gasteiger partial charge in [-0.1, -0.05) is 25.1 Å². The van der Waals surface area contributed by atoms with Crippen molar-refractivity contribution in [3.8, 4) is 0 Å². The number of halogens is 4. The van der Waals surface area contributed by atoms with Crippen LogP contribution < -0.4 is 10.6 Å². The van der Waals surface area contributed by atoms with Crippen molar-refractivity contribution in [1.29, 1.82) is 0 Å². The Morgan fingerprint density at radius 3 is 2.67 bits per heavy atom. The van der Waals surface area contributed by atoms with Crippen LogP contribution in [-0.4, -0.2) is 29.0 Å². The van der Waals surface area contributed by atoms with E-state index >= 15 is 0 Å². The molecular formula is C20H25F3IN5S. The first-order valence-corrected chi connectivity index (χ1v) is 10.4. The van der Waals surface area contributed by atoms with Crippen LogP contribution >= 0.6 is 35.3 Å². The first kappa shape index (κ1) is 24.4. The van der Waals surface area contributed by atoms with Gasteiger partial charge in [0.2, 0.25) is 0 Å². The highest BCUT2D eigenvalue weighted by Crippen LogP contribution is 2.30. The lowest BCUT2D eigenvalue weighted by atomic mass is 10.1. The Bertz CT molecular complexity index is 980. The Labute approximate surface area is 194 Å². The maximum absolute atomic E-state index is 12.7. The van der Waals surface area contributed by atoms with Gasteiger partial charge in [0.05, 0.1) is 6.54 Å². The highest BCUT2D eigenvalue weighted by atomic mass is 127. The Hall–Kier alpha value is -1.82. The van der Waals surface area contributed by atoms with Crippen molar-refractivity contribution >= 4 is 52.2 Å². The number of alkyl halides is 3. The zero-order chi connectivity index (χ0) is 20.9. The molecule has 0 spiro atoms. The summed E-state index contributed by atoms with van der Waals surface area (Å²) >= 11 is 0.965. The number of benzene rings is 1. The SMILES string of the molecule is CCNC(=NCc1nc(C(F)(F)F)cs1)NCCc1c[nH]c2c(CC)cccc12.I. The number of aromatic amines is 1. The largest absolute Gasteiger partial charge is 0.434 e. The van der Waals surface area contributed by atoms with Crippen molar-refractivity contribution in [3.05, 3.63) is 51.6 Å². The highest BCUT2D eigenvalue weighted by molar-refractivity contribution is 14.0. The van der Waals surface area contributed by atoms with Crippen LogP contribution in [0.4, 0.5) is 13.2 Å². The average molecular weight is 551 g/mol. The number of aryl methyl sites for hydroxylation is 1. The van der Waals surface area contributed by atoms with E-state index in [4.69, 9.17) is 0 Å². The third kappa shape index (κ3) is 6.10. The van der Waals surface area contributed by atoms with E-state index in [1.54, 1.807) is 0 Å². The van der Waals surface area contributed by atoms with Crippen LogP contribution in [0.5, 0.6) is 0 Å². The molecule has 0 aliphatic heterocycles. The fourth-order valence-electron chi connectivity index (χ4n) is 3.09. The van der Waals surface area contributed by atoms with Gasteiger partial charge in [-0.25, -0.2) is 9.98 Å². The van der Waals surface area contributed by atoms with E-state index in [2.05, 4.69) is 50.7 Å². The summed E-state index contributed by atoms with van der Waals surface area (Å²) in [6.45, 7) is 5.48. The molecule has 0 amide bonds. The molecule has 0 saturated heterocycles. The molecule has 10 heteroatoms. The lowest BCUT2D eigenvalue weighted by molar-refractivity contribution is -0.140. The molecule has 0 fully saturated rings. The second-order valence-electron chi connectivity index (χ2n) is 6.50. The number of aliphatic imine (C=N–C) groups is 1. The zero-order valence-corrected chi connectivity index (χ0v) is 19.9. The first-order valence-electron chi connectivity index (χ1n) is 9.54. The van der Waals surface area contributed by atoms with Gasteiger partial charge in [-0.15, -0.1) is 35.3 Å². The molecule has 30 heavy (non-hydrogen) atoms. The minimum Gasteiger partial charge on any atom is -0.361 e. The fraction of sp³-hybridized carbons (Fsp3) is 0.400. The van der Waals surface area contributed by atoms with E-state index < -0.39 is 11.9 Å². The van der Waals surface area contributed by atoms with Crippen LogP contribution in [0, 0.1) is 0 Å². The Morgan fingerprint density at radius 1 is 1.20 bits per heavy atom. The molecular weight excluding hydrogens is 526 g/mol. The van der Waals surface area contributed by atoms with E-state index in [0.29, 0.717) is 24.1 Å². The molecule has 0 aliphatic rings. The van der Waals surface area contributed by atoms with E-state index in [1.807, 2.05) is 13.1 Å². The van der Waals surface area contributed by atoms with Crippen molar-refractivity contribution in [2.24, 2.45) is 4.99 Å². The van der Waals surface area contributed by atoms with Crippen molar-refractivity contribution < 1.29 is 13.2 Å². The molecule has 0 atom stereocenters. The number of nitrogens with zero attached hydrogens (tertiary/aromatic N) is 2. The molecule has 2 heterocycles. The number of nitrogens with one attached hydrogen (secondary N) is 3. The van der Waals surface area contributed by atoms with Gasteiger partial charge in [-0.2, -0.15) is 13.2 Å². The number of guanidine groups is 1. The summed E-state index contributed by atoms with van der Waals surface area (Å²) < 4.78 is 38.0. The van der Waals surface area contributed by atoms with Gasteiger partial charge < -0.3 is 15.6 Å². The average Bonchev–Trinajstić information content (AvgIpc) is 3.33. The number of hydrogen-bond donors (Lipinski definition) is 3. The maximum Gasteiger partial charge on any atom is 0.434 e. The van der Waals surface area contributed by atoms with Crippen LogP contribution in [0.15, 0.2) is 34.8 Å². The molecule has 5 nitrogen and oxygen atoms in total. The van der Waals surface area contributed by atoms with E-state index in [9.17, 15) is 13.2 Å². The predicted molar refractivity (Wildman–Crippen MR) is 127 cm³/mol. The standard InChI is InChI=1S/C20H24F3N5S.HI/c1-3-13-6-5-7-15-14(10-26-18(13)15)8-9-25-19(24-4-2)27-11-17-28-16(12-29-17)20(21,22)23;/h5-7,10,12,26H,3-4,8-9,11H2,1-2H3,(H2,24,25,27);1H. The zero-order valence-electron chi connectivity index (χ0n) is 16.8. The third-order valence-corrected chi connectivity index (χ3v) is 5.35. The summed E-state index contributed by atoms with van der Waals surface area (Å²) in [6, 6.07) is 6.31. The van der Waals surface area contributed by atoms with Crippen LogP contribution in [0.25, 0.3) is 10.9 Å². The highest BCUT2D eigenvalue weighted by Gasteiger charge is 2.33. The smallest absolute Gasteiger partial charge is 0.361 e. The van der Waals surface area contributed by atoms with Gasteiger partial charge in [0.15, 0.2) is 11.7 Å². The Morgan fingerprint density at radius 2 is 2.00 bits per heavy atom. The number of aromatic nitrogens is 2. The van der Waals surface area contributed by atoms with Crippen molar-refractivity contribution in [3.63, 3.8) is 0 Å². The Balaban J connectivity index is 0.00000320. The molecule has 3 rings (SSSR count). The quantitative estimate of drug-likeness (QED) is 0.217. The third-order valence-electron chi connectivity index (χ3n) is 4.51. The summed E-state index contributed by atoms with van der Waals surface area (Å²) in [5, 5.41) is 8.92. The number of rotatable bonds is 7. The molecule has 164 valence electrons. The lowest BCUT2D eigenvalue weighted by Gasteiger charge is -2.10. The van der Waals surface area contributed by atoms with Gasteiger partial charge in [0.25, 0.3) is 0 Å². The fourth-order valence-corrected chi connectivity index (χ4v) is 3.82. The minimum absolute atomic E-state index is 0. The summed E-state index contributed by atoms with van der Waals surface area (Å²) in [6.07, 6.45) is -0.616. The molecule has 0 bridgehead atoms. The van der Waals surface area contributed by atoms with E-state index in [1.165, 1.54) is 22.0 Å². The summed E-state index contributed by atoms with van der Waals surface area (Å²) in [4.78, 5) is 11.3. The Kier molecular flexibility index (Phi) is 8.95. The van der Waals surface area contributed by atoms with Gasteiger partial charge >= 0.3 is 6.18 Å². The van der Waals surface area contributed by atoms with Crippen LogP contribution in [-0.2, 0) is 25.6 Å². The molecule has 1 aromatic carbocycles. The second-order valence-corrected chi connectivity index (χ2v) is 7.45. The number of thiazole rings is 1. The normalized spacial score (nSPS) is 12.1. The molecule has 2 aromatic heterocycles. The van der Waals surface area contributed by atoms with E-state index in [-0.39, 0.29) is 30.5 Å². The summed E-state index contributed by atoms with van der Waals surface area (Å²) in [5.74, 6) is 0.561. The molecule has 3 aromatic rings. The molecule has 0 unspecified atom stereocenters. The van der Waals surface area contributed by atoms with Gasteiger partial charge in [-0.05, 0) is 30.9 Å². The van der Waals surface area contributed by atoms with Crippen molar-refractivity contribution in [1.82, 2.24) is 20.6 Å². The minimum atomic E-state index is -4.42. The van der Waals surface area contributed by atoms with Crippen LogP contribution in [0.2, 0.25) is 0 Å². The van der Waals surface area contributed by atoms with E-state index in [0.717, 1.165) is 29.6 Å². The van der Waals surface area contributed by atoms with Crippen LogP contribution in [0.1, 0.15) is 35.7 Å². The van der Waals surface area contributed by atoms with Gasteiger partial charge in [0, 0.05) is 35.6 Å². The molecule has 0 saturated carbocycles. The summed E-state index contributed by atoms with van der Waals surface area (Å²) in [7, 11) is 0. The predicted octanol–water partition coefficient (Wildman–Crippen LogP) is 5.12. The summed E-state index contributed by atoms with van der Waals surface area (Å²) in [5.41, 5.74) is 2.82. The lowest BCUT2D eigenvalue weighted by Crippen LogP contribution is -2.38. The monoisotopic (exact) mass is 551 g/mol. The number of hydrogen-bond acceptors (Lipinski definition) is 3. The first-order chi connectivity index (χ1) is 13.9. The molecule has 0 radical (unpaired) electrons. The van der Waals surface area contributed by atoms with Crippen molar-refractivity contribution in [2.75, 3.05) is 13.1 Å². The van der Waals surface area contributed by atoms with Gasteiger partial charge in [-0.3, -0.25) is 0 Å². The second kappa shape index (κ2) is 11.0. The molecule has 0 aliphatic carbocycles. The number of H-pyrrole nitrogens is 1. The van der Waals surface area contributed by atoms with Gasteiger partial charge in [0.1, 0.15) is 5.01 Å². The number of fused-ring (bicyclic) bond motifs is 1. The topological polar surface area (TPSA) is 65.1 Å². The maximum atomic E-state index is 12.7.